The van der Waals surface area contributed by atoms with Crippen LogP contribution in [0.15, 0.2) is 211 Å². The van der Waals surface area contributed by atoms with Crippen LogP contribution in [0, 0.1) is 0 Å². The summed E-state index contributed by atoms with van der Waals surface area (Å²) in [5.74, 6) is 0. The summed E-state index contributed by atoms with van der Waals surface area (Å²) in [5.41, 5.74) is 13.1. The number of fused-ring (bicyclic) bond motifs is 9. The van der Waals surface area contributed by atoms with Crippen molar-refractivity contribution in [1.29, 1.82) is 0 Å². The first-order valence-corrected chi connectivity index (χ1v) is 20.5. The molecule has 3 nitrogen and oxygen atoms in total. The maximum Gasteiger partial charge on any atom is 0.137 e. The highest BCUT2D eigenvalue weighted by atomic mass is 32.1. The van der Waals surface area contributed by atoms with Crippen LogP contribution in [-0.4, -0.2) is 4.57 Å². The van der Waals surface area contributed by atoms with Crippen LogP contribution in [0.3, 0.4) is 0 Å². The first-order chi connectivity index (χ1) is 28.8. The van der Waals surface area contributed by atoms with Crippen molar-refractivity contribution in [3.8, 4) is 27.9 Å². The smallest absolute Gasteiger partial charge is 0.137 e. The Bertz CT molecular complexity index is 3370. The molecule has 0 radical (unpaired) electrons. The fourth-order valence-electron chi connectivity index (χ4n) is 9.00. The molecule has 0 atom stereocenters. The molecule has 0 unspecified atom stereocenters. The molecule has 0 amide bonds. The van der Waals surface area contributed by atoms with Crippen molar-refractivity contribution in [3.05, 3.63) is 206 Å². The van der Waals surface area contributed by atoms with Crippen LogP contribution in [0.1, 0.15) is 0 Å². The SMILES string of the molecule is c1ccc(-c2cc(N(c3ccc4c(c3)oc3ccccc34)c3ccc4c(c3)sc3ccccc34)ccc2-c2ccccc2-n2c3ccccc3c3ccccc32)cc1. The summed E-state index contributed by atoms with van der Waals surface area (Å²) in [6, 6.07) is 74.6. The van der Waals surface area contributed by atoms with Crippen LogP contribution in [0.4, 0.5) is 17.1 Å². The standard InChI is InChI=1S/C54H34N2OS/c1-2-14-35(15-3-1)47-32-36(26-29-39(47)40-16-4-9-21-48(40)56-49-22-10-5-17-41(49)42-18-6-11-23-50(42)56)55(37-27-30-44-43-19-7-12-24-51(43)57-52(44)33-37)38-28-31-46-45-20-8-13-25-53(45)58-54(46)34-38/h1-34H. The third-order valence-corrected chi connectivity index (χ3v) is 12.7. The van der Waals surface area contributed by atoms with Gasteiger partial charge in [0.25, 0.3) is 0 Å². The molecule has 0 aliphatic heterocycles. The van der Waals surface area contributed by atoms with Crippen molar-refractivity contribution in [3.63, 3.8) is 0 Å². The molecule has 0 aliphatic rings. The maximum absolute atomic E-state index is 6.48. The number of hydrogen-bond donors (Lipinski definition) is 0. The zero-order valence-electron chi connectivity index (χ0n) is 31.3. The van der Waals surface area contributed by atoms with Crippen LogP contribution in [0.2, 0.25) is 0 Å². The summed E-state index contributed by atoms with van der Waals surface area (Å²) in [5, 5.41) is 7.31. The summed E-state index contributed by atoms with van der Waals surface area (Å²) >= 11 is 1.84. The molecular formula is C54H34N2OS. The third-order valence-electron chi connectivity index (χ3n) is 11.6. The average molecular weight is 759 g/mol. The van der Waals surface area contributed by atoms with Gasteiger partial charge in [0.2, 0.25) is 0 Å². The second-order valence-corrected chi connectivity index (χ2v) is 16.0. The topological polar surface area (TPSA) is 21.3 Å². The van der Waals surface area contributed by atoms with E-state index in [9.17, 15) is 0 Å². The van der Waals surface area contributed by atoms with E-state index < -0.39 is 0 Å². The van der Waals surface area contributed by atoms with Gasteiger partial charge < -0.3 is 13.9 Å². The molecule has 12 rings (SSSR count). The van der Waals surface area contributed by atoms with Crippen LogP contribution < -0.4 is 4.90 Å². The number of aromatic nitrogens is 1. The lowest BCUT2D eigenvalue weighted by Crippen LogP contribution is -2.10. The highest BCUT2D eigenvalue weighted by Crippen LogP contribution is 2.46. The zero-order chi connectivity index (χ0) is 38.2. The Morgan fingerprint density at radius 1 is 0.362 bits per heavy atom. The molecule has 0 aliphatic carbocycles. The van der Waals surface area contributed by atoms with Crippen molar-refractivity contribution in [2.75, 3.05) is 4.90 Å². The normalized spacial score (nSPS) is 11.8. The van der Waals surface area contributed by atoms with E-state index in [-0.39, 0.29) is 0 Å². The molecule has 3 heterocycles. The lowest BCUT2D eigenvalue weighted by Gasteiger charge is -2.27. The molecule has 9 aromatic carbocycles. The largest absolute Gasteiger partial charge is 0.456 e. The van der Waals surface area contributed by atoms with Gasteiger partial charge in [0.1, 0.15) is 11.2 Å². The molecule has 3 aromatic heterocycles. The number of nitrogens with zero attached hydrogens (tertiary/aromatic N) is 2. The molecule has 0 saturated heterocycles. The molecule has 12 aromatic rings. The van der Waals surface area contributed by atoms with E-state index in [1.807, 2.05) is 23.5 Å². The fourth-order valence-corrected chi connectivity index (χ4v) is 10.1. The van der Waals surface area contributed by atoms with Crippen molar-refractivity contribution in [2.24, 2.45) is 0 Å². The highest BCUT2D eigenvalue weighted by Gasteiger charge is 2.21. The van der Waals surface area contributed by atoms with Crippen molar-refractivity contribution in [2.45, 2.75) is 0 Å². The van der Waals surface area contributed by atoms with E-state index in [2.05, 4.69) is 204 Å². The predicted molar refractivity (Wildman–Crippen MR) is 247 cm³/mol. The second-order valence-electron chi connectivity index (χ2n) is 14.9. The summed E-state index contributed by atoms with van der Waals surface area (Å²) in [6.45, 7) is 0. The summed E-state index contributed by atoms with van der Waals surface area (Å²) in [7, 11) is 0. The molecule has 0 saturated carbocycles. The van der Waals surface area contributed by atoms with E-state index in [1.54, 1.807) is 0 Å². The zero-order valence-corrected chi connectivity index (χ0v) is 32.2. The number of hydrogen-bond acceptors (Lipinski definition) is 3. The minimum absolute atomic E-state index is 0.867. The Morgan fingerprint density at radius 3 is 1.74 bits per heavy atom. The minimum atomic E-state index is 0.867. The Balaban J connectivity index is 1.10. The van der Waals surface area contributed by atoms with E-state index >= 15 is 0 Å². The Morgan fingerprint density at radius 2 is 0.931 bits per heavy atom. The maximum atomic E-state index is 6.48. The van der Waals surface area contributed by atoms with Gasteiger partial charge in [0.15, 0.2) is 0 Å². The number of benzene rings is 9. The van der Waals surface area contributed by atoms with Gasteiger partial charge in [-0.05, 0) is 83.4 Å². The quantitative estimate of drug-likeness (QED) is 0.168. The lowest BCUT2D eigenvalue weighted by atomic mass is 9.92. The number of rotatable bonds is 6. The molecule has 0 bridgehead atoms. The molecule has 4 heteroatoms. The van der Waals surface area contributed by atoms with E-state index in [1.165, 1.54) is 53.1 Å². The van der Waals surface area contributed by atoms with Crippen LogP contribution in [0.5, 0.6) is 0 Å². The Kier molecular flexibility index (Phi) is 7.40. The van der Waals surface area contributed by atoms with Gasteiger partial charge in [-0.25, -0.2) is 0 Å². The van der Waals surface area contributed by atoms with Gasteiger partial charge in [-0.1, -0.05) is 133 Å². The van der Waals surface area contributed by atoms with Gasteiger partial charge in [0, 0.05) is 70.4 Å². The van der Waals surface area contributed by atoms with Gasteiger partial charge in [-0.3, -0.25) is 0 Å². The van der Waals surface area contributed by atoms with Gasteiger partial charge in [-0.15, -0.1) is 11.3 Å². The molecular weight excluding hydrogens is 725 g/mol. The van der Waals surface area contributed by atoms with Crippen molar-refractivity contribution in [1.82, 2.24) is 4.57 Å². The van der Waals surface area contributed by atoms with Crippen LogP contribution >= 0.6 is 11.3 Å². The van der Waals surface area contributed by atoms with Crippen LogP contribution in [0.25, 0.3) is 91.9 Å². The first-order valence-electron chi connectivity index (χ1n) is 19.7. The number of furan rings is 1. The Labute approximate surface area is 338 Å². The van der Waals surface area contributed by atoms with Gasteiger partial charge in [-0.2, -0.15) is 0 Å². The number of anilines is 3. The molecule has 0 spiro atoms. The summed E-state index contributed by atoms with van der Waals surface area (Å²) < 4.78 is 11.5. The fraction of sp³-hybridized carbons (Fsp3) is 0. The minimum Gasteiger partial charge on any atom is -0.456 e. The van der Waals surface area contributed by atoms with E-state index in [0.717, 1.165) is 55.8 Å². The predicted octanol–water partition coefficient (Wildman–Crippen LogP) is 15.9. The monoisotopic (exact) mass is 758 g/mol. The van der Waals surface area contributed by atoms with E-state index in [4.69, 9.17) is 4.42 Å². The van der Waals surface area contributed by atoms with Crippen LogP contribution in [-0.2, 0) is 0 Å². The summed E-state index contributed by atoms with van der Waals surface area (Å²) in [4.78, 5) is 2.38. The summed E-state index contributed by atoms with van der Waals surface area (Å²) in [6.07, 6.45) is 0. The van der Waals surface area contributed by atoms with Gasteiger partial charge in [0.05, 0.1) is 16.7 Å². The van der Waals surface area contributed by atoms with Crippen molar-refractivity contribution >= 4 is 92.3 Å². The molecule has 272 valence electrons. The number of para-hydroxylation sites is 4. The Hall–Kier alpha value is -7.40. The third kappa shape index (κ3) is 5.12. The molecule has 58 heavy (non-hydrogen) atoms. The average Bonchev–Trinajstić information content (AvgIpc) is 3.96. The van der Waals surface area contributed by atoms with E-state index in [0.29, 0.717) is 0 Å². The lowest BCUT2D eigenvalue weighted by molar-refractivity contribution is 0.669. The highest BCUT2D eigenvalue weighted by molar-refractivity contribution is 7.25. The van der Waals surface area contributed by atoms with Gasteiger partial charge >= 0.3 is 0 Å². The number of thiophene rings is 1. The second kappa shape index (κ2) is 13.1. The molecule has 0 fully saturated rings. The molecule has 0 N–H and O–H groups in total. The first kappa shape index (κ1) is 32.8. The van der Waals surface area contributed by atoms with Crippen molar-refractivity contribution < 1.29 is 4.42 Å².